The van der Waals surface area contributed by atoms with Crippen molar-refractivity contribution in [3.05, 3.63) is 36.0 Å². The Morgan fingerprint density at radius 1 is 1.33 bits per heavy atom. The number of hydrogen-bond donors (Lipinski definition) is 0. The first-order valence-electron chi connectivity index (χ1n) is 4.53. The summed E-state index contributed by atoms with van der Waals surface area (Å²) in [6, 6.07) is 6.88. The Bertz CT molecular complexity index is 490. The van der Waals surface area contributed by atoms with Crippen LogP contribution in [-0.4, -0.2) is 17.3 Å². The van der Waals surface area contributed by atoms with Crippen LogP contribution in [0.5, 0.6) is 0 Å². The van der Waals surface area contributed by atoms with Crippen molar-refractivity contribution in [2.45, 2.75) is 13.0 Å². The van der Waals surface area contributed by atoms with E-state index in [4.69, 9.17) is 0 Å². The molecule has 1 aromatic heterocycles. The van der Waals surface area contributed by atoms with Gasteiger partial charge in [0.15, 0.2) is 6.29 Å². The number of benzene rings is 1. The average Bonchev–Trinajstić information content (AvgIpc) is 2.61. The van der Waals surface area contributed by atoms with Gasteiger partial charge in [-0.25, -0.2) is 8.78 Å². The molecule has 4 heteroatoms. The van der Waals surface area contributed by atoms with Crippen molar-refractivity contribution >= 4 is 17.2 Å². The van der Waals surface area contributed by atoms with Gasteiger partial charge in [-0.2, -0.15) is 0 Å². The highest BCUT2D eigenvalue weighted by Gasteiger charge is 2.09. The van der Waals surface area contributed by atoms with E-state index in [1.54, 1.807) is 30.5 Å². The second-order valence-corrected chi connectivity index (χ2v) is 3.26. The van der Waals surface area contributed by atoms with Gasteiger partial charge in [-0.3, -0.25) is 4.79 Å². The molecule has 15 heavy (non-hydrogen) atoms. The third-order valence-electron chi connectivity index (χ3n) is 2.28. The molecule has 0 amide bonds. The molecule has 2 nitrogen and oxygen atoms in total. The van der Waals surface area contributed by atoms with Crippen molar-refractivity contribution < 1.29 is 13.6 Å². The predicted molar refractivity (Wildman–Crippen MR) is 53.3 cm³/mol. The molecule has 0 saturated carbocycles. The van der Waals surface area contributed by atoms with Crippen molar-refractivity contribution in [1.29, 1.82) is 0 Å². The number of rotatable bonds is 3. The van der Waals surface area contributed by atoms with Crippen LogP contribution in [0.2, 0.25) is 0 Å². The number of fused-ring (bicyclic) bond motifs is 1. The van der Waals surface area contributed by atoms with Crippen LogP contribution in [-0.2, 0) is 6.54 Å². The SMILES string of the molecule is O=Cc1cccc2ccn(CC(F)F)c12. The van der Waals surface area contributed by atoms with Crippen LogP contribution in [0, 0.1) is 0 Å². The molecule has 1 aromatic carbocycles. The lowest BCUT2D eigenvalue weighted by molar-refractivity contribution is 0.112. The fraction of sp³-hybridized carbons (Fsp3) is 0.182. The van der Waals surface area contributed by atoms with E-state index in [2.05, 4.69) is 0 Å². The summed E-state index contributed by atoms with van der Waals surface area (Å²) >= 11 is 0. The minimum Gasteiger partial charge on any atom is -0.341 e. The topological polar surface area (TPSA) is 22.0 Å². The van der Waals surface area contributed by atoms with Crippen LogP contribution in [0.25, 0.3) is 10.9 Å². The molecular weight excluding hydrogens is 200 g/mol. The quantitative estimate of drug-likeness (QED) is 0.712. The van der Waals surface area contributed by atoms with Gasteiger partial charge in [0.1, 0.15) is 0 Å². The average molecular weight is 209 g/mol. The summed E-state index contributed by atoms with van der Waals surface area (Å²) in [6.07, 6.45) is -0.158. The van der Waals surface area contributed by atoms with Gasteiger partial charge in [-0.05, 0) is 12.1 Å². The highest BCUT2D eigenvalue weighted by atomic mass is 19.3. The van der Waals surface area contributed by atoms with E-state index in [1.807, 2.05) is 0 Å². The standard InChI is InChI=1S/C11H9F2NO/c12-10(13)6-14-5-4-8-2-1-3-9(7-15)11(8)14/h1-5,7,10H,6H2. The molecule has 2 aromatic rings. The molecule has 0 radical (unpaired) electrons. The van der Waals surface area contributed by atoms with Crippen LogP contribution in [0.3, 0.4) is 0 Å². The van der Waals surface area contributed by atoms with E-state index in [9.17, 15) is 13.6 Å². The zero-order valence-corrected chi connectivity index (χ0v) is 7.86. The Morgan fingerprint density at radius 3 is 2.80 bits per heavy atom. The molecule has 0 saturated heterocycles. The van der Waals surface area contributed by atoms with Crippen LogP contribution in [0.15, 0.2) is 30.5 Å². The van der Waals surface area contributed by atoms with Gasteiger partial charge in [0, 0.05) is 17.1 Å². The molecule has 2 rings (SSSR count). The van der Waals surface area contributed by atoms with E-state index in [-0.39, 0.29) is 6.54 Å². The molecule has 1 heterocycles. The molecule has 0 spiro atoms. The zero-order chi connectivity index (χ0) is 10.8. The lowest BCUT2D eigenvalue weighted by Gasteiger charge is -2.05. The van der Waals surface area contributed by atoms with Crippen molar-refractivity contribution in [2.24, 2.45) is 0 Å². The number of para-hydroxylation sites is 1. The van der Waals surface area contributed by atoms with E-state index < -0.39 is 6.43 Å². The monoisotopic (exact) mass is 209 g/mol. The maximum atomic E-state index is 12.3. The molecular formula is C11H9F2NO. The number of nitrogens with zero attached hydrogens (tertiary/aromatic N) is 1. The molecule has 0 aliphatic rings. The molecule has 0 bridgehead atoms. The Kier molecular flexibility index (Phi) is 2.49. The van der Waals surface area contributed by atoms with Crippen molar-refractivity contribution in [3.8, 4) is 0 Å². The van der Waals surface area contributed by atoms with Gasteiger partial charge < -0.3 is 4.57 Å². The predicted octanol–water partition coefficient (Wildman–Crippen LogP) is 2.72. The van der Waals surface area contributed by atoms with E-state index >= 15 is 0 Å². The van der Waals surface area contributed by atoms with Crippen molar-refractivity contribution in [3.63, 3.8) is 0 Å². The number of carbonyl (C=O) groups is 1. The van der Waals surface area contributed by atoms with Crippen LogP contribution < -0.4 is 0 Å². The highest BCUT2D eigenvalue weighted by molar-refractivity contribution is 5.96. The maximum absolute atomic E-state index is 12.3. The normalized spacial score (nSPS) is 11.1. The Balaban J connectivity index is 2.60. The summed E-state index contributed by atoms with van der Waals surface area (Å²) in [6.45, 7) is -0.381. The van der Waals surface area contributed by atoms with Gasteiger partial charge in [0.05, 0.1) is 12.1 Å². The summed E-state index contributed by atoms with van der Waals surface area (Å²) in [5.74, 6) is 0. The number of halogens is 2. The first-order chi connectivity index (χ1) is 7.22. The van der Waals surface area contributed by atoms with Gasteiger partial charge in [-0.15, -0.1) is 0 Å². The van der Waals surface area contributed by atoms with Gasteiger partial charge in [0.2, 0.25) is 0 Å². The number of hydrogen-bond acceptors (Lipinski definition) is 1. The number of aldehydes is 1. The summed E-state index contributed by atoms with van der Waals surface area (Å²) in [5, 5.41) is 0.806. The third-order valence-corrected chi connectivity index (χ3v) is 2.28. The van der Waals surface area contributed by atoms with E-state index in [0.29, 0.717) is 17.4 Å². The Hall–Kier alpha value is -1.71. The molecule has 0 aliphatic heterocycles. The summed E-state index contributed by atoms with van der Waals surface area (Å²) < 4.78 is 25.9. The minimum atomic E-state index is -2.42. The number of alkyl halides is 2. The molecule has 0 aliphatic carbocycles. The van der Waals surface area contributed by atoms with E-state index in [1.165, 1.54) is 4.57 Å². The first kappa shape index (κ1) is 9.83. The molecule has 0 fully saturated rings. The largest absolute Gasteiger partial charge is 0.341 e. The fourth-order valence-electron chi connectivity index (χ4n) is 1.69. The number of carbonyl (C=O) groups excluding carboxylic acids is 1. The Labute approximate surface area is 85.1 Å². The second-order valence-electron chi connectivity index (χ2n) is 3.26. The lowest BCUT2D eigenvalue weighted by atomic mass is 10.1. The Morgan fingerprint density at radius 2 is 2.13 bits per heavy atom. The first-order valence-corrected chi connectivity index (χ1v) is 4.53. The molecule has 78 valence electrons. The molecule has 0 unspecified atom stereocenters. The summed E-state index contributed by atoms with van der Waals surface area (Å²) in [5.41, 5.74) is 1.02. The zero-order valence-electron chi connectivity index (χ0n) is 7.86. The van der Waals surface area contributed by atoms with Gasteiger partial charge in [-0.1, -0.05) is 12.1 Å². The molecule has 0 N–H and O–H groups in total. The molecule has 0 atom stereocenters. The van der Waals surface area contributed by atoms with Crippen molar-refractivity contribution in [2.75, 3.05) is 0 Å². The third kappa shape index (κ3) is 1.75. The van der Waals surface area contributed by atoms with Crippen LogP contribution in [0.1, 0.15) is 10.4 Å². The minimum absolute atomic E-state index is 0.381. The second kappa shape index (κ2) is 3.81. The lowest BCUT2D eigenvalue weighted by Crippen LogP contribution is -2.05. The highest BCUT2D eigenvalue weighted by Crippen LogP contribution is 2.20. The smallest absolute Gasteiger partial charge is 0.256 e. The number of aromatic nitrogens is 1. The maximum Gasteiger partial charge on any atom is 0.256 e. The van der Waals surface area contributed by atoms with Crippen LogP contribution >= 0.6 is 0 Å². The fourth-order valence-corrected chi connectivity index (χ4v) is 1.69. The summed E-state index contributed by atoms with van der Waals surface area (Å²) in [7, 11) is 0. The van der Waals surface area contributed by atoms with Gasteiger partial charge >= 0.3 is 0 Å². The van der Waals surface area contributed by atoms with Crippen molar-refractivity contribution in [1.82, 2.24) is 4.57 Å². The summed E-state index contributed by atoms with van der Waals surface area (Å²) in [4.78, 5) is 10.8. The van der Waals surface area contributed by atoms with Gasteiger partial charge in [0.25, 0.3) is 6.43 Å². The van der Waals surface area contributed by atoms with Crippen LogP contribution in [0.4, 0.5) is 8.78 Å². The van der Waals surface area contributed by atoms with E-state index in [0.717, 1.165) is 5.39 Å².